The molecule has 1 aromatic carbocycles. The zero-order chi connectivity index (χ0) is 16.4. The predicted molar refractivity (Wildman–Crippen MR) is 95.5 cm³/mol. The van der Waals surface area contributed by atoms with Crippen molar-refractivity contribution >= 4 is 30.1 Å². The summed E-state index contributed by atoms with van der Waals surface area (Å²) >= 11 is 1.41. The van der Waals surface area contributed by atoms with Crippen molar-refractivity contribution < 1.29 is 4.57 Å². The quantitative estimate of drug-likeness (QED) is 0.312. The summed E-state index contributed by atoms with van der Waals surface area (Å²) in [4.78, 5) is 4.34. The average molecular weight is 338 g/mol. The Morgan fingerprint density at radius 1 is 1.50 bits per heavy atom. The molecule has 0 heterocycles. The minimum absolute atomic E-state index is 0.257. The van der Waals surface area contributed by atoms with Gasteiger partial charge in [0.2, 0.25) is 0 Å². The summed E-state index contributed by atoms with van der Waals surface area (Å²) in [7, 11) is 1.75. The van der Waals surface area contributed by atoms with Crippen LogP contribution >= 0.6 is 18.0 Å². The van der Waals surface area contributed by atoms with Crippen molar-refractivity contribution in [2.75, 3.05) is 13.6 Å². The van der Waals surface area contributed by atoms with Crippen LogP contribution in [0.15, 0.2) is 35.3 Å². The molecule has 120 valence electrons. The third kappa shape index (κ3) is 6.23. The van der Waals surface area contributed by atoms with Crippen molar-refractivity contribution in [2.45, 2.75) is 31.9 Å². The summed E-state index contributed by atoms with van der Waals surface area (Å²) in [5, 5.41) is 11.9. The van der Waals surface area contributed by atoms with Crippen LogP contribution in [0.5, 0.6) is 0 Å². The molecular formula is C15H23N4OPS. The Kier molecular flexibility index (Phi) is 8.26. The Morgan fingerprint density at radius 3 is 2.77 bits per heavy atom. The first-order valence-electron chi connectivity index (χ1n) is 7.25. The zero-order valence-corrected chi connectivity index (χ0v) is 15.0. The summed E-state index contributed by atoms with van der Waals surface area (Å²) in [5.74, 6) is 0. The lowest BCUT2D eigenvalue weighted by atomic mass is 10.3. The highest BCUT2D eigenvalue weighted by Crippen LogP contribution is 2.58. The number of rotatable bonds is 9. The molecule has 1 aromatic rings. The van der Waals surface area contributed by atoms with Gasteiger partial charge in [-0.1, -0.05) is 43.4 Å². The molecule has 0 aliphatic heterocycles. The van der Waals surface area contributed by atoms with Crippen LogP contribution < -0.4 is 5.09 Å². The molecule has 2 atom stereocenters. The lowest BCUT2D eigenvalue weighted by molar-refractivity contribution is 0.546. The maximum Gasteiger partial charge on any atom is 0.293 e. The Bertz CT molecular complexity index is 558. The molecule has 0 saturated heterocycles. The first-order valence-corrected chi connectivity index (χ1v) is 10.4. The van der Waals surface area contributed by atoms with Gasteiger partial charge in [-0.25, -0.2) is 10.1 Å². The SMILES string of the molecule is CCC(C)SP(=O)(NCCC#N)N(C)C=Nc1ccccc1. The van der Waals surface area contributed by atoms with Crippen molar-refractivity contribution in [3.63, 3.8) is 0 Å². The van der Waals surface area contributed by atoms with Gasteiger partial charge in [-0.3, -0.25) is 9.24 Å². The number of benzene rings is 1. The fraction of sp³-hybridized carbons (Fsp3) is 0.467. The normalized spacial score (nSPS) is 15.2. The van der Waals surface area contributed by atoms with E-state index in [1.807, 2.05) is 37.3 Å². The van der Waals surface area contributed by atoms with E-state index < -0.39 is 6.65 Å². The number of nitriles is 1. The number of hydrogen-bond donors (Lipinski definition) is 1. The first kappa shape index (κ1) is 18.8. The van der Waals surface area contributed by atoms with Gasteiger partial charge in [0.25, 0.3) is 6.65 Å². The van der Waals surface area contributed by atoms with E-state index in [2.05, 4.69) is 23.1 Å². The number of para-hydroxylation sites is 1. The molecule has 0 fully saturated rings. The van der Waals surface area contributed by atoms with Gasteiger partial charge in [0.1, 0.15) is 0 Å². The lowest BCUT2D eigenvalue weighted by Gasteiger charge is -2.28. The molecule has 7 heteroatoms. The van der Waals surface area contributed by atoms with E-state index in [0.29, 0.717) is 13.0 Å². The summed E-state index contributed by atoms with van der Waals surface area (Å²) < 4.78 is 14.8. The second-order valence-corrected chi connectivity index (χ2v) is 9.94. The molecule has 0 aliphatic carbocycles. The second kappa shape index (κ2) is 9.68. The molecule has 2 unspecified atom stereocenters. The van der Waals surface area contributed by atoms with Crippen LogP contribution in [0.25, 0.3) is 0 Å². The van der Waals surface area contributed by atoms with E-state index >= 15 is 0 Å². The highest BCUT2D eigenvalue weighted by atomic mass is 32.7. The number of nitrogens with one attached hydrogen (secondary N) is 1. The molecule has 0 bridgehead atoms. The Hall–Kier alpha value is -1.28. The molecule has 0 radical (unpaired) electrons. The maximum atomic E-state index is 13.2. The third-order valence-electron chi connectivity index (χ3n) is 2.99. The van der Waals surface area contributed by atoms with Gasteiger partial charge >= 0.3 is 0 Å². The summed E-state index contributed by atoms with van der Waals surface area (Å²) in [5.41, 5.74) is 0.812. The summed E-state index contributed by atoms with van der Waals surface area (Å²) in [6, 6.07) is 11.6. The standard InChI is InChI=1S/C15H23N4OPS/c1-4-14(2)22-21(20,18-12-8-11-16)19(3)13-17-15-9-6-5-7-10-15/h5-7,9-10,13-14H,4,8,12H2,1-3H3,(H,18,20). The molecule has 1 N–H and O–H groups in total. The summed E-state index contributed by atoms with van der Waals surface area (Å²) in [6.45, 7) is 1.67. The minimum atomic E-state index is -2.85. The van der Waals surface area contributed by atoms with Crippen LogP contribution in [0.3, 0.4) is 0 Å². The molecule has 0 spiro atoms. The minimum Gasteiger partial charge on any atom is -0.297 e. The maximum absolute atomic E-state index is 13.2. The summed E-state index contributed by atoms with van der Waals surface area (Å²) in [6.07, 6.45) is 2.85. The molecule has 0 aliphatic rings. The monoisotopic (exact) mass is 338 g/mol. The van der Waals surface area contributed by atoms with E-state index in [-0.39, 0.29) is 5.25 Å². The van der Waals surface area contributed by atoms with Gasteiger partial charge in [0, 0.05) is 25.3 Å². The van der Waals surface area contributed by atoms with Crippen molar-refractivity contribution in [3.8, 4) is 6.07 Å². The van der Waals surface area contributed by atoms with Crippen LogP contribution in [0.2, 0.25) is 0 Å². The van der Waals surface area contributed by atoms with E-state index in [9.17, 15) is 4.57 Å². The van der Waals surface area contributed by atoms with E-state index in [0.717, 1.165) is 12.1 Å². The van der Waals surface area contributed by atoms with Gasteiger partial charge in [-0.05, 0) is 18.6 Å². The van der Waals surface area contributed by atoms with E-state index in [1.54, 1.807) is 18.1 Å². The predicted octanol–water partition coefficient (Wildman–Crippen LogP) is 4.42. The molecule has 22 heavy (non-hydrogen) atoms. The number of hydrogen-bond acceptors (Lipinski definition) is 4. The average Bonchev–Trinajstić information content (AvgIpc) is 2.53. The van der Waals surface area contributed by atoms with Gasteiger partial charge in [-0.2, -0.15) is 5.26 Å². The molecule has 0 amide bonds. The smallest absolute Gasteiger partial charge is 0.293 e. The highest BCUT2D eigenvalue weighted by molar-refractivity contribution is 8.57. The topological polar surface area (TPSA) is 68.5 Å². The molecule has 1 rings (SSSR count). The van der Waals surface area contributed by atoms with E-state index in [4.69, 9.17) is 5.26 Å². The third-order valence-corrected chi connectivity index (χ3v) is 8.62. The van der Waals surface area contributed by atoms with Gasteiger partial charge in [-0.15, -0.1) is 0 Å². The largest absolute Gasteiger partial charge is 0.297 e. The number of aliphatic imine (C=N–C) groups is 1. The van der Waals surface area contributed by atoms with Crippen molar-refractivity contribution in [3.05, 3.63) is 30.3 Å². The first-order chi connectivity index (χ1) is 10.5. The fourth-order valence-electron chi connectivity index (χ4n) is 1.53. The molecule has 0 aromatic heterocycles. The van der Waals surface area contributed by atoms with Crippen LogP contribution in [0.1, 0.15) is 26.7 Å². The Balaban J connectivity index is 2.82. The fourth-order valence-corrected chi connectivity index (χ4v) is 6.17. The van der Waals surface area contributed by atoms with Gasteiger partial charge in [0.05, 0.1) is 18.1 Å². The zero-order valence-electron chi connectivity index (χ0n) is 13.3. The molecule has 0 saturated carbocycles. The Morgan fingerprint density at radius 2 is 2.18 bits per heavy atom. The lowest BCUT2D eigenvalue weighted by Crippen LogP contribution is -2.23. The van der Waals surface area contributed by atoms with Crippen LogP contribution in [-0.4, -0.2) is 29.9 Å². The van der Waals surface area contributed by atoms with Crippen molar-refractivity contribution in [1.82, 2.24) is 9.76 Å². The van der Waals surface area contributed by atoms with Crippen molar-refractivity contribution in [1.29, 1.82) is 5.26 Å². The highest BCUT2D eigenvalue weighted by Gasteiger charge is 2.28. The van der Waals surface area contributed by atoms with Gasteiger partial charge in [0.15, 0.2) is 0 Å². The number of nitrogens with zero attached hydrogens (tertiary/aromatic N) is 3. The Labute approximate surface area is 137 Å². The van der Waals surface area contributed by atoms with Crippen LogP contribution in [0.4, 0.5) is 5.69 Å². The van der Waals surface area contributed by atoms with Crippen molar-refractivity contribution in [2.24, 2.45) is 4.99 Å². The molecule has 5 nitrogen and oxygen atoms in total. The second-order valence-electron chi connectivity index (χ2n) is 4.81. The van der Waals surface area contributed by atoms with Crippen LogP contribution in [0, 0.1) is 11.3 Å². The van der Waals surface area contributed by atoms with Crippen LogP contribution in [-0.2, 0) is 4.57 Å². The molecular weight excluding hydrogens is 315 g/mol. The van der Waals surface area contributed by atoms with Gasteiger partial charge < -0.3 is 0 Å². The van der Waals surface area contributed by atoms with E-state index in [1.165, 1.54) is 11.4 Å².